The summed E-state index contributed by atoms with van der Waals surface area (Å²) in [6, 6.07) is 1.47. The molecule has 0 spiro atoms. The molecule has 0 radical (unpaired) electrons. The first-order valence-electron chi connectivity index (χ1n) is 4.15. The molecule has 0 saturated carbocycles. The molecule has 2 heterocycles. The van der Waals surface area contributed by atoms with Crippen molar-refractivity contribution in [2.75, 3.05) is 5.32 Å². The lowest BCUT2D eigenvalue weighted by Crippen LogP contribution is -2.27. The molecule has 0 aromatic carbocycles. The molecule has 2 N–H and O–H groups in total. The van der Waals surface area contributed by atoms with Crippen LogP contribution in [-0.2, 0) is 11.2 Å². The number of hydrogen-bond acceptors (Lipinski definition) is 3. The van der Waals surface area contributed by atoms with Crippen molar-refractivity contribution >= 4 is 11.6 Å². The first-order chi connectivity index (χ1) is 6.16. The van der Waals surface area contributed by atoms with Crippen molar-refractivity contribution < 1.29 is 9.90 Å². The molecule has 2 rings (SSSR count). The Bertz CT molecular complexity index is 363. The predicted octanol–water partition coefficient (Wildman–Crippen LogP) is 0.918. The minimum atomic E-state index is -0.0615. The zero-order valence-corrected chi connectivity index (χ0v) is 7.24. The highest BCUT2D eigenvalue weighted by molar-refractivity contribution is 5.95. The molecule has 68 valence electrons. The monoisotopic (exact) mass is 178 g/mol. The number of carbonyl (C=O) groups is 1. The SMILES string of the molecule is CC1Cc2cnc(O)cc2NC1=O. The van der Waals surface area contributed by atoms with Crippen molar-refractivity contribution in [3.63, 3.8) is 0 Å². The summed E-state index contributed by atoms with van der Waals surface area (Å²) in [5, 5.41) is 11.8. The number of fused-ring (bicyclic) bond motifs is 1. The molecule has 0 aliphatic carbocycles. The molecule has 1 unspecified atom stereocenters. The lowest BCUT2D eigenvalue weighted by Gasteiger charge is -2.21. The Morgan fingerprint density at radius 2 is 2.46 bits per heavy atom. The number of anilines is 1. The fourth-order valence-corrected chi connectivity index (χ4v) is 1.43. The maximum atomic E-state index is 11.3. The fourth-order valence-electron chi connectivity index (χ4n) is 1.43. The average Bonchev–Trinajstić information content (AvgIpc) is 2.08. The maximum absolute atomic E-state index is 11.3. The summed E-state index contributed by atoms with van der Waals surface area (Å²) < 4.78 is 0. The van der Waals surface area contributed by atoms with Gasteiger partial charge in [-0.1, -0.05) is 6.92 Å². The van der Waals surface area contributed by atoms with Gasteiger partial charge in [0.2, 0.25) is 11.8 Å². The van der Waals surface area contributed by atoms with Crippen molar-refractivity contribution in [1.29, 1.82) is 0 Å². The van der Waals surface area contributed by atoms with E-state index in [0.29, 0.717) is 12.1 Å². The van der Waals surface area contributed by atoms with Crippen molar-refractivity contribution in [2.45, 2.75) is 13.3 Å². The zero-order chi connectivity index (χ0) is 9.42. The summed E-state index contributed by atoms with van der Waals surface area (Å²) in [6.07, 6.45) is 2.29. The Labute approximate surface area is 75.6 Å². The molecule has 13 heavy (non-hydrogen) atoms. The van der Waals surface area contributed by atoms with Crippen LogP contribution in [0.1, 0.15) is 12.5 Å². The van der Waals surface area contributed by atoms with Crippen LogP contribution in [0.5, 0.6) is 5.88 Å². The number of aromatic nitrogens is 1. The topological polar surface area (TPSA) is 62.2 Å². The minimum Gasteiger partial charge on any atom is -0.493 e. The van der Waals surface area contributed by atoms with Gasteiger partial charge in [0.1, 0.15) is 0 Å². The molecule has 1 aromatic heterocycles. The van der Waals surface area contributed by atoms with Crippen LogP contribution in [0.3, 0.4) is 0 Å². The van der Waals surface area contributed by atoms with Gasteiger partial charge in [0.25, 0.3) is 0 Å². The molecule has 0 bridgehead atoms. The highest BCUT2D eigenvalue weighted by Gasteiger charge is 2.22. The summed E-state index contributed by atoms with van der Waals surface area (Å²) in [7, 11) is 0. The second-order valence-corrected chi connectivity index (χ2v) is 3.29. The van der Waals surface area contributed by atoms with Gasteiger partial charge in [0.05, 0.1) is 5.69 Å². The van der Waals surface area contributed by atoms with Gasteiger partial charge >= 0.3 is 0 Å². The Morgan fingerprint density at radius 1 is 1.69 bits per heavy atom. The fraction of sp³-hybridized carbons (Fsp3) is 0.333. The number of aromatic hydroxyl groups is 1. The van der Waals surface area contributed by atoms with E-state index in [-0.39, 0.29) is 17.7 Å². The lowest BCUT2D eigenvalue weighted by molar-refractivity contribution is -0.119. The average molecular weight is 178 g/mol. The van der Waals surface area contributed by atoms with Crippen molar-refractivity contribution in [3.8, 4) is 5.88 Å². The largest absolute Gasteiger partial charge is 0.493 e. The van der Waals surface area contributed by atoms with E-state index in [2.05, 4.69) is 10.3 Å². The third-order valence-corrected chi connectivity index (χ3v) is 2.20. The number of rotatable bonds is 0. The highest BCUT2D eigenvalue weighted by atomic mass is 16.3. The van der Waals surface area contributed by atoms with E-state index in [4.69, 9.17) is 5.11 Å². The highest BCUT2D eigenvalue weighted by Crippen LogP contribution is 2.26. The van der Waals surface area contributed by atoms with E-state index in [1.165, 1.54) is 6.07 Å². The van der Waals surface area contributed by atoms with E-state index in [9.17, 15) is 4.79 Å². The van der Waals surface area contributed by atoms with Gasteiger partial charge in [-0.25, -0.2) is 4.98 Å². The lowest BCUT2D eigenvalue weighted by atomic mass is 9.96. The molecule has 1 amide bonds. The summed E-state index contributed by atoms with van der Waals surface area (Å²) in [6.45, 7) is 1.87. The Balaban J connectivity index is 2.42. The number of nitrogens with one attached hydrogen (secondary N) is 1. The summed E-state index contributed by atoms with van der Waals surface area (Å²) in [4.78, 5) is 15.0. The van der Waals surface area contributed by atoms with Gasteiger partial charge in [-0.15, -0.1) is 0 Å². The number of nitrogens with zero attached hydrogens (tertiary/aromatic N) is 1. The summed E-state index contributed by atoms with van der Waals surface area (Å²) in [5.74, 6) is -0.0782. The quantitative estimate of drug-likeness (QED) is 0.621. The molecule has 1 aromatic rings. The second kappa shape index (κ2) is 2.73. The van der Waals surface area contributed by atoms with Crippen LogP contribution in [0.2, 0.25) is 0 Å². The Morgan fingerprint density at radius 3 is 3.23 bits per heavy atom. The van der Waals surface area contributed by atoms with Gasteiger partial charge in [-0.3, -0.25) is 4.79 Å². The van der Waals surface area contributed by atoms with Gasteiger partial charge < -0.3 is 10.4 Å². The molecule has 0 fully saturated rings. The van der Waals surface area contributed by atoms with Crippen LogP contribution in [0, 0.1) is 5.92 Å². The maximum Gasteiger partial charge on any atom is 0.227 e. The van der Waals surface area contributed by atoms with Gasteiger partial charge in [-0.05, 0) is 12.0 Å². The smallest absolute Gasteiger partial charge is 0.227 e. The molecular formula is C9H10N2O2. The number of hydrogen-bond donors (Lipinski definition) is 2. The van der Waals surface area contributed by atoms with Crippen LogP contribution in [0.15, 0.2) is 12.3 Å². The molecule has 1 atom stereocenters. The first kappa shape index (κ1) is 8.04. The van der Waals surface area contributed by atoms with Crippen LogP contribution in [0.4, 0.5) is 5.69 Å². The van der Waals surface area contributed by atoms with Gasteiger partial charge in [-0.2, -0.15) is 0 Å². The normalized spacial score (nSPS) is 20.7. The van der Waals surface area contributed by atoms with Crippen molar-refractivity contribution in [3.05, 3.63) is 17.8 Å². The van der Waals surface area contributed by atoms with Gasteiger partial charge in [0.15, 0.2) is 0 Å². The summed E-state index contributed by atoms with van der Waals surface area (Å²) in [5.41, 5.74) is 1.65. The van der Waals surface area contributed by atoms with Crippen LogP contribution < -0.4 is 5.32 Å². The molecule has 0 saturated heterocycles. The third kappa shape index (κ3) is 1.35. The Hall–Kier alpha value is -1.58. The minimum absolute atomic E-state index is 0.00176. The second-order valence-electron chi connectivity index (χ2n) is 3.29. The Kier molecular flexibility index (Phi) is 1.69. The predicted molar refractivity (Wildman–Crippen MR) is 47.4 cm³/mol. The standard InChI is InChI=1S/C9H10N2O2/c1-5-2-6-4-10-8(12)3-7(6)11-9(5)13/h3-5H,2H2,1H3,(H,10,12)(H,11,13). The molecule has 1 aliphatic heterocycles. The molecule has 4 nitrogen and oxygen atoms in total. The number of carbonyl (C=O) groups excluding carboxylic acids is 1. The van der Waals surface area contributed by atoms with Crippen molar-refractivity contribution in [2.24, 2.45) is 5.92 Å². The van der Waals surface area contributed by atoms with E-state index < -0.39 is 0 Å². The van der Waals surface area contributed by atoms with E-state index >= 15 is 0 Å². The van der Waals surface area contributed by atoms with Gasteiger partial charge in [0, 0.05) is 18.2 Å². The van der Waals surface area contributed by atoms with E-state index in [0.717, 1.165) is 5.56 Å². The van der Waals surface area contributed by atoms with Crippen LogP contribution in [-0.4, -0.2) is 16.0 Å². The third-order valence-electron chi connectivity index (χ3n) is 2.20. The molecule has 1 aliphatic rings. The summed E-state index contributed by atoms with van der Waals surface area (Å²) >= 11 is 0. The van der Waals surface area contributed by atoms with Crippen LogP contribution >= 0.6 is 0 Å². The number of amides is 1. The zero-order valence-electron chi connectivity index (χ0n) is 7.24. The molecular weight excluding hydrogens is 168 g/mol. The van der Waals surface area contributed by atoms with E-state index in [1.54, 1.807) is 6.20 Å². The first-order valence-corrected chi connectivity index (χ1v) is 4.15. The van der Waals surface area contributed by atoms with Crippen LogP contribution in [0.25, 0.3) is 0 Å². The molecule has 4 heteroatoms. The van der Waals surface area contributed by atoms with E-state index in [1.807, 2.05) is 6.92 Å². The number of pyridine rings is 1. The van der Waals surface area contributed by atoms with Crippen molar-refractivity contribution in [1.82, 2.24) is 4.98 Å².